The standard InChI is InChI=1S/C28H26BrNO4/c1-2-16-34-23-13-7-11-21(18-23)26(31)24-25(20-10-6-12-22(29)17-20)30(28(33)27(24)32)15-14-19-8-4-3-5-9-19/h3-13,17-18,25,31H,2,14-16H2,1H3. The van der Waals surface area contributed by atoms with Gasteiger partial charge in [0.05, 0.1) is 18.2 Å². The molecule has 1 atom stereocenters. The molecule has 0 saturated carbocycles. The number of ketones is 1. The maximum absolute atomic E-state index is 13.2. The Morgan fingerprint density at radius 2 is 1.76 bits per heavy atom. The Morgan fingerprint density at radius 3 is 2.50 bits per heavy atom. The van der Waals surface area contributed by atoms with Gasteiger partial charge in [0.2, 0.25) is 0 Å². The van der Waals surface area contributed by atoms with Crippen LogP contribution in [-0.2, 0) is 16.0 Å². The molecule has 3 aromatic rings. The molecule has 1 amide bonds. The summed E-state index contributed by atoms with van der Waals surface area (Å²) in [5, 5.41) is 11.3. The quantitative estimate of drug-likeness (QED) is 0.228. The van der Waals surface area contributed by atoms with E-state index in [1.165, 1.54) is 0 Å². The highest BCUT2D eigenvalue weighted by Gasteiger charge is 2.45. The second-order valence-electron chi connectivity index (χ2n) is 8.16. The van der Waals surface area contributed by atoms with Crippen molar-refractivity contribution in [1.29, 1.82) is 0 Å². The van der Waals surface area contributed by atoms with Crippen molar-refractivity contribution in [2.45, 2.75) is 25.8 Å². The van der Waals surface area contributed by atoms with Gasteiger partial charge in [-0.3, -0.25) is 9.59 Å². The summed E-state index contributed by atoms with van der Waals surface area (Å²) in [5.74, 6) is -0.896. The van der Waals surface area contributed by atoms with Crippen LogP contribution in [0.1, 0.15) is 36.1 Å². The number of likely N-dealkylation sites (tertiary alicyclic amines) is 1. The lowest BCUT2D eigenvalue weighted by Gasteiger charge is -2.25. The summed E-state index contributed by atoms with van der Waals surface area (Å²) >= 11 is 3.49. The Morgan fingerprint density at radius 1 is 1.00 bits per heavy atom. The molecule has 3 aromatic carbocycles. The monoisotopic (exact) mass is 519 g/mol. The highest BCUT2D eigenvalue weighted by Crippen LogP contribution is 2.40. The molecule has 34 heavy (non-hydrogen) atoms. The molecule has 4 rings (SSSR count). The molecule has 0 aromatic heterocycles. The topological polar surface area (TPSA) is 66.8 Å². The number of hydrogen-bond acceptors (Lipinski definition) is 4. The van der Waals surface area contributed by atoms with E-state index in [0.29, 0.717) is 30.9 Å². The summed E-state index contributed by atoms with van der Waals surface area (Å²) in [6, 6.07) is 23.6. The number of halogens is 1. The third kappa shape index (κ3) is 5.07. The average molecular weight is 520 g/mol. The van der Waals surface area contributed by atoms with Crippen LogP contribution in [-0.4, -0.2) is 34.8 Å². The maximum atomic E-state index is 13.2. The van der Waals surface area contributed by atoms with Crippen LogP contribution >= 0.6 is 15.9 Å². The molecule has 1 fully saturated rings. The molecule has 1 aliphatic heterocycles. The van der Waals surface area contributed by atoms with Gasteiger partial charge in [-0.1, -0.05) is 77.5 Å². The van der Waals surface area contributed by atoms with Crippen molar-refractivity contribution >= 4 is 33.4 Å². The van der Waals surface area contributed by atoms with Crippen molar-refractivity contribution in [3.8, 4) is 5.75 Å². The predicted octanol–water partition coefficient (Wildman–Crippen LogP) is 5.90. The van der Waals surface area contributed by atoms with E-state index in [1.54, 1.807) is 29.2 Å². The molecule has 0 radical (unpaired) electrons. The first-order valence-electron chi connectivity index (χ1n) is 11.3. The first-order chi connectivity index (χ1) is 16.5. The van der Waals surface area contributed by atoms with Gasteiger partial charge in [0.1, 0.15) is 11.5 Å². The number of benzene rings is 3. The van der Waals surface area contributed by atoms with Crippen LogP contribution < -0.4 is 4.74 Å². The Balaban J connectivity index is 1.76. The molecular weight excluding hydrogens is 494 g/mol. The lowest BCUT2D eigenvalue weighted by Crippen LogP contribution is -2.31. The number of hydrogen-bond donors (Lipinski definition) is 1. The number of carbonyl (C=O) groups is 2. The number of aliphatic hydroxyl groups excluding tert-OH is 1. The zero-order chi connectivity index (χ0) is 24.1. The Hall–Kier alpha value is -3.38. The van der Waals surface area contributed by atoms with E-state index in [2.05, 4.69) is 15.9 Å². The minimum absolute atomic E-state index is 0.0869. The molecule has 1 saturated heterocycles. The number of ether oxygens (including phenoxy) is 1. The normalized spacial score (nSPS) is 17.2. The minimum Gasteiger partial charge on any atom is -0.507 e. The number of aliphatic hydroxyl groups is 1. The van der Waals surface area contributed by atoms with Gasteiger partial charge < -0.3 is 14.7 Å². The van der Waals surface area contributed by atoms with Crippen LogP contribution in [0, 0.1) is 0 Å². The van der Waals surface area contributed by atoms with Gasteiger partial charge in [0.15, 0.2) is 0 Å². The Labute approximate surface area is 207 Å². The fourth-order valence-corrected chi connectivity index (χ4v) is 4.55. The van der Waals surface area contributed by atoms with Crippen LogP contribution in [0.2, 0.25) is 0 Å². The highest BCUT2D eigenvalue weighted by molar-refractivity contribution is 9.10. The van der Waals surface area contributed by atoms with Gasteiger partial charge in [0, 0.05) is 16.6 Å². The Kier molecular flexibility index (Phi) is 7.48. The first-order valence-corrected chi connectivity index (χ1v) is 12.1. The van der Waals surface area contributed by atoms with E-state index < -0.39 is 17.7 Å². The van der Waals surface area contributed by atoms with Crippen molar-refractivity contribution in [3.63, 3.8) is 0 Å². The maximum Gasteiger partial charge on any atom is 0.295 e. The summed E-state index contributed by atoms with van der Waals surface area (Å²) in [5.41, 5.74) is 2.35. The van der Waals surface area contributed by atoms with Crippen LogP contribution in [0.15, 0.2) is 88.9 Å². The molecule has 1 heterocycles. The molecule has 1 aliphatic rings. The molecule has 6 heteroatoms. The summed E-state index contributed by atoms with van der Waals surface area (Å²) in [4.78, 5) is 27.9. The largest absolute Gasteiger partial charge is 0.507 e. The molecule has 1 unspecified atom stereocenters. The van der Waals surface area contributed by atoms with E-state index in [-0.39, 0.29) is 11.3 Å². The zero-order valence-electron chi connectivity index (χ0n) is 18.9. The van der Waals surface area contributed by atoms with Gasteiger partial charge in [0.25, 0.3) is 11.7 Å². The van der Waals surface area contributed by atoms with E-state index in [9.17, 15) is 14.7 Å². The number of nitrogens with zero attached hydrogens (tertiary/aromatic N) is 1. The number of carbonyl (C=O) groups excluding carboxylic acids is 2. The van der Waals surface area contributed by atoms with Crippen LogP contribution in [0.5, 0.6) is 5.75 Å². The third-order valence-corrected chi connectivity index (χ3v) is 6.26. The molecule has 1 N–H and O–H groups in total. The zero-order valence-corrected chi connectivity index (χ0v) is 20.5. The van der Waals surface area contributed by atoms with Gasteiger partial charge in [-0.2, -0.15) is 0 Å². The van der Waals surface area contributed by atoms with E-state index in [1.807, 2.05) is 61.5 Å². The van der Waals surface area contributed by atoms with Gasteiger partial charge >= 0.3 is 0 Å². The number of rotatable bonds is 8. The second kappa shape index (κ2) is 10.7. The summed E-state index contributed by atoms with van der Waals surface area (Å²) < 4.78 is 6.52. The lowest BCUT2D eigenvalue weighted by molar-refractivity contribution is -0.139. The molecule has 174 valence electrons. The van der Waals surface area contributed by atoms with Crippen LogP contribution in [0.25, 0.3) is 5.76 Å². The average Bonchev–Trinajstić information content (AvgIpc) is 3.11. The summed E-state index contributed by atoms with van der Waals surface area (Å²) in [7, 11) is 0. The van der Waals surface area contributed by atoms with E-state index in [0.717, 1.165) is 22.0 Å². The molecule has 0 aliphatic carbocycles. The third-order valence-electron chi connectivity index (χ3n) is 5.77. The van der Waals surface area contributed by atoms with Crippen molar-refractivity contribution < 1.29 is 19.4 Å². The highest BCUT2D eigenvalue weighted by atomic mass is 79.9. The van der Waals surface area contributed by atoms with Crippen molar-refractivity contribution in [3.05, 3.63) is 106 Å². The summed E-state index contributed by atoms with van der Waals surface area (Å²) in [6.45, 7) is 2.91. The van der Waals surface area contributed by atoms with Crippen LogP contribution in [0.3, 0.4) is 0 Å². The van der Waals surface area contributed by atoms with Crippen molar-refractivity contribution in [2.24, 2.45) is 0 Å². The van der Waals surface area contributed by atoms with Crippen molar-refractivity contribution in [1.82, 2.24) is 4.90 Å². The van der Waals surface area contributed by atoms with E-state index in [4.69, 9.17) is 4.74 Å². The molecular formula is C28H26BrNO4. The first kappa shape index (κ1) is 23.8. The van der Waals surface area contributed by atoms with Gasteiger partial charge in [-0.05, 0) is 48.2 Å². The molecule has 0 spiro atoms. The van der Waals surface area contributed by atoms with Gasteiger partial charge in [-0.15, -0.1) is 0 Å². The van der Waals surface area contributed by atoms with Gasteiger partial charge in [-0.25, -0.2) is 0 Å². The number of Topliss-reactive ketones (excluding diaryl/α,β-unsaturated/α-hetero) is 1. The smallest absolute Gasteiger partial charge is 0.295 e. The molecule has 0 bridgehead atoms. The lowest BCUT2D eigenvalue weighted by atomic mass is 9.95. The SMILES string of the molecule is CCCOc1cccc(C(O)=C2C(=O)C(=O)N(CCc3ccccc3)C2c2cccc(Br)c2)c1. The van der Waals surface area contributed by atoms with E-state index >= 15 is 0 Å². The fraction of sp³-hybridized carbons (Fsp3) is 0.214. The van der Waals surface area contributed by atoms with Crippen LogP contribution in [0.4, 0.5) is 0 Å². The predicted molar refractivity (Wildman–Crippen MR) is 136 cm³/mol. The number of amides is 1. The summed E-state index contributed by atoms with van der Waals surface area (Å²) in [6.07, 6.45) is 1.45. The minimum atomic E-state index is -0.693. The van der Waals surface area contributed by atoms with Crippen molar-refractivity contribution in [2.75, 3.05) is 13.2 Å². The Bertz CT molecular complexity index is 1220. The fourth-order valence-electron chi connectivity index (χ4n) is 4.14. The molecule has 5 nitrogen and oxygen atoms in total. The second-order valence-corrected chi connectivity index (χ2v) is 9.08.